The van der Waals surface area contributed by atoms with Crippen LogP contribution in [0.15, 0.2) is 17.3 Å². The van der Waals surface area contributed by atoms with Crippen molar-refractivity contribution in [3.8, 4) is 0 Å². The van der Waals surface area contributed by atoms with Crippen LogP contribution in [0.3, 0.4) is 0 Å². The predicted molar refractivity (Wildman–Crippen MR) is 50.8 cm³/mol. The first-order valence-electron chi connectivity index (χ1n) is 4.33. The van der Waals surface area contributed by atoms with Gasteiger partial charge in [0.25, 0.3) is 0 Å². The van der Waals surface area contributed by atoms with Crippen molar-refractivity contribution in [1.29, 1.82) is 0 Å². The molecule has 1 aliphatic heterocycles. The maximum Gasteiger partial charge on any atom is 0.101 e. The summed E-state index contributed by atoms with van der Waals surface area (Å²) in [6, 6.07) is 0.362. The summed E-state index contributed by atoms with van der Waals surface area (Å²) in [5.41, 5.74) is 0. The van der Waals surface area contributed by atoms with E-state index in [1.54, 1.807) is 0 Å². The third kappa shape index (κ3) is 3.81. The molecule has 0 amide bonds. The molecule has 64 valence electrons. The van der Waals surface area contributed by atoms with Gasteiger partial charge in [-0.05, 0) is 13.0 Å². The second-order valence-electron chi connectivity index (χ2n) is 2.17. The highest BCUT2D eigenvalue weighted by Crippen LogP contribution is 1.98. The Morgan fingerprint density at radius 3 is 2.55 bits per heavy atom. The number of amidine groups is 1. The minimum Gasteiger partial charge on any atom is -0.351 e. The fourth-order valence-electron chi connectivity index (χ4n) is 0.803. The first kappa shape index (κ1) is 10.2. The molecule has 0 radical (unpaired) electrons. The second kappa shape index (κ2) is 5.96. The standard InChI is InChI=1S/C7H12N2.C2H6/c1-3-7-8-5-4-6(2)9-7;1-2/h4-6H,3H2,1-2H3,(H,8,9);1-2H3. The minimum absolute atomic E-state index is 0.362. The molecule has 11 heavy (non-hydrogen) atoms. The van der Waals surface area contributed by atoms with Crippen LogP contribution >= 0.6 is 0 Å². The first-order chi connectivity index (χ1) is 5.33. The average Bonchev–Trinajstić information content (AvgIpc) is 2.08. The summed E-state index contributed by atoms with van der Waals surface area (Å²) in [7, 11) is 0. The Balaban J connectivity index is 0.000000461. The lowest BCUT2D eigenvalue weighted by Gasteiger charge is -2.11. The van der Waals surface area contributed by atoms with Crippen LogP contribution in [0.25, 0.3) is 0 Å². The third-order valence-electron chi connectivity index (χ3n) is 1.32. The minimum atomic E-state index is 0.362. The van der Waals surface area contributed by atoms with E-state index in [0.717, 1.165) is 12.3 Å². The van der Waals surface area contributed by atoms with Gasteiger partial charge in [-0.1, -0.05) is 20.8 Å². The molecule has 1 N–H and O–H groups in total. The molecule has 1 aliphatic rings. The molecule has 0 spiro atoms. The van der Waals surface area contributed by atoms with Crippen molar-refractivity contribution in [1.82, 2.24) is 5.32 Å². The number of nitrogens with zero attached hydrogens (tertiary/aromatic N) is 1. The molecule has 1 atom stereocenters. The largest absolute Gasteiger partial charge is 0.351 e. The Labute approximate surface area is 69.4 Å². The lowest BCUT2D eigenvalue weighted by atomic mass is 10.3. The molecule has 0 aliphatic carbocycles. The van der Waals surface area contributed by atoms with E-state index in [1.807, 2.05) is 26.1 Å². The summed E-state index contributed by atoms with van der Waals surface area (Å²) in [5, 5.41) is 3.07. The molecule has 0 aromatic heterocycles. The monoisotopic (exact) mass is 154 g/mol. The van der Waals surface area contributed by atoms with Crippen LogP contribution in [-0.2, 0) is 0 Å². The van der Waals surface area contributed by atoms with Gasteiger partial charge in [0.05, 0.1) is 6.04 Å². The molecule has 0 saturated carbocycles. The molecule has 1 unspecified atom stereocenters. The van der Waals surface area contributed by atoms with E-state index in [2.05, 4.69) is 24.2 Å². The Morgan fingerprint density at radius 2 is 2.18 bits per heavy atom. The molecular weight excluding hydrogens is 136 g/mol. The van der Waals surface area contributed by atoms with Gasteiger partial charge >= 0.3 is 0 Å². The number of aliphatic imine (C=N–C) groups is 1. The number of hydrogen-bond donors (Lipinski definition) is 1. The zero-order valence-corrected chi connectivity index (χ0v) is 7.89. The van der Waals surface area contributed by atoms with Gasteiger partial charge in [0.2, 0.25) is 0 Å². The van der Waals surface area contributed by atoms with Crippen LogP contribution in [0.4, 0.5) is 0 Å². The third-order valence-corrected chi connectivity index (χ3v) is 1.32. The number of hydrogen-bond acceptors (Lipinski definition) is 2. The fraction of sp³-hybridized carbons (Fsp3) is 0.667. The van der Waals surface area contributed by atoms with Gasteiger partial charge in [-0.2, -0.15) is 0 Å². The molecule has 0 bridgehead atoms. The average molecular weight is 154 g/mol. The molecular formula is C9H18N2. The van der Waals surface area contributed by atoms with Crippen molar-refractivity contribution in [2.24, 2.45) is 4.99 Å². The van der Waals surface area contributed by atoms with Gasteiger partial charge < -0.3 is 5.32 Å². The number of nitrogens with one attached hydrogen (secondary N) is 1. The highest BCUT2D eigenvalue weighted by molar-refractivity contribution is 5.83. The molecule has 0 fully saturated rings. The molecule has 0 aromatic rings. The molecule has 1 heterocycles. The lowest BCUT2D eigenvalue weighted by molar-refractivity contribution is 0.869. The van der Waals surface area contributed by atoms with Gasteiger partial charge in [0.15, 0.2) is 0 Å². The van der Waals surface area contributed by atoms with Crippen molar-refractivity contribution >= 4 is 5.84 Å². The van der Waals surface area contributed by atoms with E-state index in [-0.39, 0.29) is 0 Å². The van der Waals surface area contributed by atoms with Crippen LogP contribution in [0.2, 0.25) is 0 Å². The zero-order chi connectivity index (χ0) is 8.69. The van der Waals surface area contributed by atoms with Crippen LogP contribution in [0.1, 0.15) is 34.1 Å². The maximum absolute atomic E-state index is 4.32. The zero-order valence-electron chi connectivity index (χ0n) is 7.89. The van der Waals surface area contributed by atoms with E-state index in [9.17, 15) is 0 Å². The Kier molecular flexibility index (Phi) is 5.53. The molecule has 0 aromatic carbocycles. The molecule has 2 nitrogen and oxygen atoms in total. The summed E-state index contributed by atoms with van der Waals surface area (Å²) >= 11 is 0. The van der Waals surface area contributed by atoms with E-state index in [1.165, 1.54) is 0 Å². The topological polar surface area (TPSA) is 24.4 Å². The second-order valence-corrected chi connectivity index (χ2v) is 2.17. The van der Waals surface area contributed by atoms with Gasteiger partial charge in [-0.25, -0.2) is 0 Å². The van der Waals surface area contributed by atoms with Crippen molar-refractivity contribution in [2.75, 3.05) is 0 Å². The van der Waals surface area contributed by atoms with E-state index < -0.39 is 0 Å². The molecule has 1 rings (SSSR count). The van der Waals surface area contributed by atoms with Gasteiger partial charge in [-0.3, -0.25) is 4.99 Å². The highest BCUT2D eigenvalue weighted by atomic mass is 15.0. The maximum atomic E-state index is 4.32. The van der Waals surface area contributed by atoms with E-state index in [0.29, 0.717) is 6.04 Å². The van der Waals surface area contributed by atoms with Crippen molar-refractivity contribution < 1.29 is 0 Å². The number of rotatable bonds is 1. The SMILES string of the molecule is CC.CCC1=NC(C)C=CN1. The summed E-state index contributed by atoms with van der Waals surface area (Å²) in [4.78, 5) is 4.32. The van der Waals surface area contributed by atoms with Crippen LogP contribution in [-0.4, -0.2) is 11.9 Å². The predicted octanol–water partition coefficient (Wildman–Crippen LogP) is 2.33. The van der Waals surface area contributed by atoms with Crippen molar-refractivity contribution in [3.63, 3.8) is 0 Å². The summed E-state index contributed by atoms with van der Waals surface area (Å²) in [6.45, 7) is 8.17. The van der Waals surface area contributed by atoms with Gasteiger partial charge in [0.1, 0.15) is 5.84 Å². The van der Waals surface area contributed by atoms with Crippen molar-refractivity contribution in [2.45, 2.75) is 40.2 Å². The van der Waals surface area contributed by atoms with E-state index >= 15 is 0 Å². The smallest absolute Gasteiger partial charge is 0.101 e. The Bertz CT molecular complexity index is 148. The van der Waals surface area contributed by atoms with Gasteiger partial charge in [-0.15, -0.1) is 0 Å². The summed E-state index contributed by atoms with van der Waals surface area (Å²) in [5.74, 6) is 1.09. The van der Waals surface area contributed by atoms with E-state index in [4.69, 9.17) is 0 Å². The van der Waals surface area contributed by atoms with Crippen molar-refractivity contribution in [3.05, 3.63) is 12.3 Å². The van der Waals surface area contributed by atoms with Gasteiger partial charge in [0, 0.05) is 12.6 Å². The van der Waals surface area contributed by atoms with Crippen LogP contribution in [0, 0.1) is 0 Å². The Morgan fingerprint density at radius 1 is 1.55 bits per heavy atom. The van der Waals surface area contributed by atoms with Crippen LogP contribution in [0.5, 0.6) is 0 Å². The Hall–Kier alpha value is -0.790. The fourth-order valence-corrected chi connectivity index (χ4v) is 0.803. The van der Waals surface area contributed by atoms with Crippen LogP contribution < -0.4 is 5.32 Å². The highest BCUT2D eigenvalue weighted by Gasteiger charge is 2.00. The quantitative estimate of drug-likeness (QED) is 0.616. The summed E-state index contributed by atoms with van der Waals surface area (Å²) in [6.07, 6.45) is 4.99. The lowest BCUT2D eigenvalue weighted by Crippen LogP contribution is -2.22. The first-order valence-corrected chi connectivity index (χ1v) is 4.33. The molecule has 2 heteroatoms. The molecule has 0 saturated heterocycles. The normalized spacial score (nSPS) is 21.1. The summed E-state index contributed by atoms with van der Waals surface area (Å²) < 4.78 is 0.